The third kappa shape index (κ3) is 3.38. The van der Waals surface area contributed by atoms with Crippen LogP contribution in [-0.2, 0) is 16.4 Å². The van der Waals surface area contributed by atoms with Gasteiger partial charge in [0.1, 0.15) is 5.82 Å². The Kier molecular flexibility index (Phi) is 3.78. The van der Waals surface area contributed by atoms with Gasteiger partial charge in [0, 0.05) is 22.6 Å². The highest BCUT2D eigenvalue weighted by Gasteiger charge is 2.28. The lowest BCUT2D eigenvalue weighted by Gasteiger charge is -2.11. The number of rotatable bonds is 3. The number of hydrogen-bond donors (Lipinski definition) is 3. The molecular weight excluding hydrogens is 309 g/mol. The zero-order chi connectivity index (χ0) is 15.7. The number of carbonyl (C=O) groups is 1. The molecule has 8 heteroatoms. The average Bonchev–Trinajstić information content (AvgIpc) is 2.98. The quantitative estimate of drug-likeness (QED) is 0.794. The summed E-state index contributed by atoms with van der Waals surface area (Å²) in [6.45, 7) is 0.252. The summed E-state index contributed by atoms with van der Waals surface area (Å²) < 4.78 is 35.8. The molecule has 1 unspecified atom stereocenters. The van der Waals surface area contributed by atoms with E-state index in [0.717, 1.165) is 16.6 Å². The van der Waals surface area contributed by atoms with E-state index in [1.165, 1.54) is 12.1 Å². The third-order valence-electron chi connectivity index (χ3n) is 3.65. The van der Waals surface area contributed by atoms with E-state index in [-0.39, 0.29) is 29.9 Å². The Morgan fingerprint density at radius 2 is 2.18 bits per heavy atom. The molecule has 3 rings (SSSR count). The van der Waals surface area contributed by atoms with Crippen molar-refractivity contribution in [1.29, 1.82) is 0 Å². The van der Waals surface area contributed by atoms with Crippen molar-refractivity contribution in [3.05, 3.63) is 35.8 Å². The van der Waals surface area contributed by atoms with Crippen LogP contribution in [0, 0.1) is 5.82 Å². The second kappa shape index (κ2) is 5.60. The summed E-state index contributed by atoms with van der Waals surface area (Å²) in [6.07, 6.45) is 0.446. The molecule has 1 aliphatic heterocycles. The summed E-state index contributed by atoms with van der Waals surface area (Å²) in [6, 6.07) is 5.44. The van der Waals surface area contributed by atoms with Crippen LogP contribution < -0.4 is 10.6 Å². The first kappa shape index (κ1) is 14.8. The minimum absolute atomic E-state index is 0.00785. The maximum atomic E-state index is 13.1. The van der Waals surface area contributed by atoms with Crippen molar-refractivity contribution in [3.8, 4) is 0 Å². The van der Waals surface area contributed by atoms with Gasteiger partial charge in [-0.25, -0.2) is 17.6 Å². The number of H-pyrrole nitrogens is 1. The fraction of sp³-hybridized carbons (Fsp3) is 0.357. The van der Waals surface area contributed by atoms with Crippen molar-refractivity contribution < 1.29 is 17.6 Å². The molecule has 1 aliphatic rings. The highest BCUT2D eigenvalue weighted by Crippen LogP contribution is 2.16. The van der Waals surface area contributed by atoms with Crippen molar-refractivity contribution in [2.24, 2.45) is 0 Å². The number of sulfone groups is 1. The first-order valence-electron chi connectivity index (χ1n) is 6.93. The van der Waals surface area contributed by atoms with E-state index in [1.807, 2.05) is 0 Å². The zero-order valence-corrected chi connectivity index (χ0v) is 12.5. The molecule has 0 aliphatic carbocycles. The van der Waals surface area contributed by atoms with Gasteiger partial charge >= 0.3 is 6.03 Å². The molecule has 1 atom stereocenters. The van der Waals surface area contributed by atoms with Crippen molar-refractivity contribution in [2.75, 3.05) is 11.5 Å². The molecule has 0 spiro atoms. The Hall–Kier alpha value is -2.09. The predicted molar refractivity (Wildman–Crippen MR) is 80.7 cm³/mol. The summed E-state index contributed by atoms with van der Waals surface area (Å²) in [5.74, 6) is -0.205. The average molecular weight is 325 g/mol. The van der Waals surface area contributed by atoms with Gasteiger partial charge in [0.05, 0.1) is 18.1 Å². The minimum Gasteiger partial charge on any atom is -0.357 e. The van der Waals surface area contributed by atoms with Crippen LogP contribution in [0.25, 0.3) is 10.9 Å². The molecule has 22 heavy (non-hydrogen) atoms. The second-order valence-electron chi connectivity index (χ2n) is 5.45. The van der Waals surface area contributed by atoms with Crippen LogP contribution in [-0.4, -0.2) is 37.0 Å². The fourth-order valence-electron chi connectivity index (χ4n) is 2.58. The summed E-state index contributed by atoms with van der Waals surface area (Å²) in [5, 5.41) is 6.04. The van der Waals surface area contributed by atoms with Gasteiger partial charge in [-0.3, -0.25) is 0 Å². The Morgan fingerprint density at radius 3 is 2.91 bits per heavy atom. The SMILES string of the molecule is O=C(NCc1cc2cc(F)ccc2[nH]1)NC1CCS(=O)(=O)C1. The lowest BCUT2D eigenvalue weighted by molar-refractivity contribution is 0.237. The van der Waals surface area contributed by atoms with Gasteiger partial charge in [-0.15, -0.1) is 0 Å². The lowest BCUT2D eigenvalue weighted by Crippen LogP contribution is -2.42. The van der Waals surface area contributed by atoms with E-state index < -0.39 is 15.9 Å². The molecule has 2 amide bonds. The summed E-state index contributed by atoms with van der Waals surface area (Å²) in [7, 11) is -3.01. The summed E-state index contributed by atoms with van der Waals surface area (Å²) >= 11 is 0. The zero-order valence-electron chi connectivity index (χ0n) is 11.7. The molecule has 118 valence electrons. The number of halogens is 1. The van der Waals surface area contributed by atoms with Crippen LogP contribution in [0.5, 0.6) is 0 Å². The number of urea groups is 1. The van der Waals surface area contributed by atoms with Crippen LogP contribution >= 0.6 is 0 Å². The van der Waals surface area contributed by atoms with Gasteiger partial charge in [0.15, 0.2) is 9.84 Å². The highest BCUT2D eigenvalue weighted by atomic mass is 32.2. The van der Waals surface area contributed by atoms with Gasteiger partial charge in [0.25, 0.3) is 0 Å². The number of amides is 2. The minimum atomic E-state index is -3.01. The molecule has 3 N–H and O–H groups in total. The molecule has 0 bridgehead atoms. The summed E-state index contributed by atoms with van der Waals surface area (Å²) in [5.41, 5.74) is 1.54. The predicted octanol–water partition coefficient (Wildman–Crippen LogP) is 1.29. The maximum Gasteiger partial charge on any atom is 0.315 e. The van der Waals surface area contributed by atoms with E-state index in [9.17, 15) is 17.6 Å². The van der Waals surface area contributed by atoms with Gasteiger partial charge in [-0.2, -0.15) is 0 Å². The van der Waals surface area contributed by atoms with Crippen molar-refractivity contribution in [1.82, 2.24) is 15.6 Å². The van der Waals surface area contributed by atoms with Crippen molar-refractivity contribution in [2.45, 2.75) is 19.0 Å². The molecule has 1 fully saturated rings. The van der Waals surface area contributed by atoms with E-state index in [1.54, 1.807) is 12.1 Å². The smallest absolute Gasteiger partial charge is 0.315 e. The van der Waals surface area contributed by atoms with Crippen molar-refractivity contribution >= 4 is 26.8 Å². The Balaban J connectivity index is 1.56. The topological polar surface area (TPSA) is 91.1 Å². The van der Waals surface area contributed by atoms with Gasteiger partial charge in [-0.05, 0) is 30.7 Å². The normalized spacial score (nSPS) is 20.1. The third-order valence-corrected chi connectivity index (χ3v) is 5.41. The number of aromatic nitrogens is 1. The molecule has 2 heterocycles. The van der Waals surface area contributed by atoms with E-state index in [0.29, 0.717) is 6.42 Å². The first-order valence-corrected chi connectivity index (χ1v) is 8.75. The molecule has 0 radical (unpaired) electrons. The first-order chi connectivity index (χ1) is 10.4. The number of aromatic amines is 1. The summed E-state index contributed by atoms with van der Waals surface area (Å²) in [4.78, 5) is 14.8. The van der Waals surface area contributed by atoms with E-state index in [2.05, 4.69) is 15.6 Å². The van der Waals surface area contributed by atoms with E-state index in [4.69, 9.17) is 0 Å². The van der Waals surface area contributed by atoms with Crippen LogP contribution in [0.3, 0.4) is 0 Å². The molecule has 1 aromatic carbocycles. The molecule has 1 aromatic heterocycles. The van der Waals surface area contributed by atoms with Crippen LogP contribution in [0.15, 0.2) is 24.3 Å². The highest BCUT2D eigenvalue weighted by molar-refractivity contribution is 7.91. The Morgan fingerprint density at radius 1 is 1.36 bits per heavy atom. The van der Waals surface area contributed by atoms with Crippen LogP contribution in [0.4, 0.5) is 9.18 Å². The van der Waals surface area contributed by atoms with Gasteiger partial charge < -0.3 is 15.6 Å². The van der Waals surface area contributed by atoms with Gasteiger partial charge in [0.2, 0.25) is 0 Å². The fourth-order valence-corrected chi connectivity index (χ4v) is 4.25. The largest absolute Gasteiger partial charge is 0.357 e. The number of carbonyl (C=O) groups excluding carboxylic acids is 1. The number of nitrogens with one attached hydrogen (secondary N) is 3. The Bertz CT molecular complexity index is 816. The number of benzene rings is 1. The van der Waals surface area contributed by atoms with E-state index >= 15 is 0 Å². The Labute approximate surface area is 127 Å². The standard InChI is InChI=1S/C14H16FN3O3S/c15-10-1-2-13-9(5-10)6-12(17-13)7-16-14(19)18-11-3-4-22(20,21)8-11/h1-2,5-6,11,17H,3-4,7-8H2,(H2,16,18,19). The molecule has 2 aromatic rings. The molecule has 6 nitrogen and oxygen atoms in total. The van der Waals surface area contributed by atoms with Gasteiger partial charge in [-0.1, -0.05) is 0 Å². The van der Waals surface area contributed by atoms with Crippen molar-refractivity contribution in [3.63, 3.8) is 0 Å². The number of hydrogen-bond acceptors (Lipinski definition) is 3. The molecular formula is C14H16FN3O3S. The monoisotopic (exact) mass is 325 g/mol. The van der Waals surface area contributed by atoms with Crippen LogP contribution in [0.1, 0.15) is 12.1 Å². The molecule has 1 saturated heterocycles. The molecule has 0 saturated carbocycles. The van der Waals surface area contributed by atoms with Crippen LogP contribution in [0.2, 0.25) is 0 Å². The lowest BCUT2D eigenvalue weighted by atomic mass is 10.2. The maximum absolute atomic E-state index is 13.1. The second-order valence-corrected chi connectivity index (χ2v) is 7.68. The number of fused-ring (bicyclic) bond motifs is 1.